The lowest BCUT2D eigenvalue weighted by molar-refractivity contribution is 0.170. The number of benzene rings is 1. The van der Waals surface area contributed by atoms with Gasteiger partial charge < -0.3 is 15.0 Å². The zero-order valence-corrected chi connectivity index (χ0v) is 17.5. The zero-order valence-electron chi connectivity index (χ0n) is 15.9. The second-order valence-corrected chi connectivity index (χ2v) is 7.41. The molecule has 5 nitrogen and oxygen atoms in total. The summed E-state index contributed by atoms with van der Waals surface area (Å²) >= 11 is 1.96. The lowest BCUT2D eigenvalue weighted by Gasteiger charge is -2.37. The summed E-state index contributed by atoms with van der Waals surface area (Å²) in [7, 11) is 1.40. The molecule has 0 saturated carbocycles. The van der Waals surface area contributed by atoms with E-state index in [9.17, 15) is 4.79 Å². The van der Waals surface area contributed by atoms with E-state index in [2.05, 4.69) is 51.0 Å². The van der Waals surface area contributed by atoms with Crippen LogP contribution in [0.3, 0.4) is 0 Å². The minimum atomic E-state index is -0.340. The SMILES string of the molecule is CCCSc1ccccc1N1CCN(CCCCNC(=O)OC)CC1.Cl. The van der Waals surface area contributed by atoms with E-state index in [1.165, 1.54) is 29.9 Å². The molecule has 1 aromatic carbocycles. The standard InChI is InChI=1S/C19H31N3O2S.ClH/c1-3-16-25-18-9-5-4-8-17(18)22-14-12-21(13-15-22)11-7-6-10-20-19(23)24-2;/h4-5,8-9H,3,6-7,10-16H2,1-2H3,(H,20,23);1H. The van der Waals surface area contributed by atoms with E-state index >= 15 is 0 Å². The number of nitrogens with zero attached hydrogens (tertiary/aromatic N) is 2. The molecule has 1 amide bonds. The lowest BCUT2D eigenvalue weighted by atomic mass is 10.2. The van der Waals surface area contributed by atoms with Gasteiger partial charge in [-0.3, -0.25) is 4.90 Å². The van der Waals surface area contributed by atoms with Crippen LogP contribution in [0.4, 0.5) is 10.5 Å². The number of ether oxygens (including phenoxy) is 1. The number of piperazine rings is 1. The number of halogens is 1. The largest absolute Gasteiger partial charge is 0.453 e. The van der Waals surface area contributed by atoms with Crippen molar-refractivity contribution in [1.29, 1.82) is 0 Å². The number of carbonyl (C=O) groups excluding carboxylic acids is 1. The molecule has 7 heteroatoms. The smallest absolute Gasteiger partial charge is 0.406 e. The molecule has 0 spiro atoms. The Bertz CT molecular complexity index is 525. The number of anilines is 1. The molecule has 1 saturated heterocycles. The molecule has 1 aromatic rings. The van der Waals surface area contributed by atoms with E-state index in [-0.39, 0.29) is 18.5 Å². The van der Waals surface area contributed by atoms with Crippen molar-refractivity contribution in [3.8, 4) is 0 Å². The molecule has 0 aromatic heterocycles. The number of unbranched alkanes of at least 4 members (excludes halogenated alkanes) is 1. The van der Waals surface area contributed by atoms with Crippen molar-refractivity contribution >= 4 is 35.9 Å². The number of hydrogen-bond acceptors (Lipinski definition) is 5. The highest BCUT2D eigenvalue weighted by Crippen LogP contribution is 2.31. The van der Waals surface area contributed by atoms with Gasteiger partial charge in [0.05, 0.1) is 12.8 Å². The van der Waals surface area contributed by atoms with Crippen LogP contribution in [0.1, 0.15) is 26.2 Å². The Kier molecular flexibility index (Phi) is 11.6. The highest BCUT2D eigenvalue weighted by atomic mass is 35.5. The summed E-state index contributed by atoms with van der Waals surface area (Å²) in [6.45, 7) is 8.41. The Balaban J connectivity index is 0.00000338. The predicted octanol–water partition coefficient (Wildman–Crippen LogP) is 3.87. The fourth-order valence-electron chi connectivity index (χ4n) is 2.99. The van der Waals surface area contributed by atoms with Crippen molar-refractivity contribution in [2.75, 3.05) is 57.0 Å². The number of amides is 1. The predicted molar refractivity (Wildman–Crippen MR) is 113 cm³/mol. The van der Waals surface area contributed by atoms with Gasteiger partial charge in [0.2, 0.25) is 0 Å². The number of nitrogens with one attached hydrogen (secondary N) is 1. The molecule has 0 atom stereocenters. The van der Waals surface area contributed by atoms with Crippen LogP contribution in [0.2, 0.25) is 0 Å². The maximum atomic E-state index is 11.0. The summed E-state index contributed by atoms with van der Waals surface area (Å²) < 4.78 is 4.57. The highest BCUT2D eigenvalue weighted by molar-refractivity contribution is 7.99. The summed E-state index contributed by atoms with van der Waals surface area (Å²) in [5.41, 5.74) is 1.39. The van der Waals surface area contributed by atoms with Crippen molar-refractivity contribution in [1.82, 2.24) is 10.2 Å². The summed E-state index contributed by atoms with van der Waals surface area (Å²) in [6, 6.07) is 8.79. The Morgan fingerprint density at radius 3 is 2.62 bits per heavy atom. The third kappa shape index (κ3) is 7.64. The monoisotopic (exact) mass is 401 g/mol. The molecular weight excluding hydrogens is 370 g/mol. The van der Waals surface area contributed by atoms with Gasteiger partial charge in [-0.25, -0.2) is 4.79 Å². The van der Waals surface area contributed by atoms with Crippen molar-refractivity contribution in [2.45, 2.75) is 31.1 Å². The van der Waals surface area contributed by atoms with Crippen molar-refractivity contribution in [3.63, 3.8) is 0 Å². The van der Waals surface area contributed by atoms with E-state index in [1.807, 2.05) is 11.8 Å². The fourth-order valence-corrected chi connectivity index (χ4v) is 3.93. The van der Waals surface area contributed by atoms with Crippen molar-refractivity contribution < 1.29 is 9.53 Å². The third-order valence-corrected chi connectivity index (χ3v) is 5.66. The van der Waals surface area contributed by atoms with Gasteiger partial charge in [0.1, 0.15) is 0 Å². The second-order valence-electron chi connectivity index (χ2n) is 6.27. The average Bonchev–Trinajstić information content (AvgIpc) is 2.66. The van der Waals surface area contributed by atoms with Gasteiger partial charge in [-0.2, -0.15) is 0 Å². The summed E-state index contributed by atoms with van der Waals surface area (Å²) in [6.07, 6.45) is 2.96. The molecule has 1 fully saturated rings. The zero-order chi connectivity index (χ0) is 17.9. The Hall–Kier alpha value is -1.11. The molecule has 1 N–H and O–H groups in total. The minimum Gasteiger partial charge on any atom is -0.453 e. The average molecular weight is 402 g/mol. The van der Waals surface area contributed by atoms with E-state index in [1.54, 1.807) is 0 Å². The number of para-hydroxylation sites is 1. The van der Waals surface area contributed by atoms with Gasteiger partial charge in [0, 0.05) is 37.6 Å². The normalized spacial score (nSPS) is 14.6. The number of methoxy groups -OCH3 is 1. The highest BCUT2D eigenvalue weighted by Gasteiger charge is 2.18. The molecule has 1 aliphatic rings. The minimum absolute atomic E-state index is 0. The van der Waals surface area contributed by atoms with Crippen LogP contribution in [0.5, 0.6) is 0 Å². The first kappa shape index (κ1) is 22.9. The van der Waals surface area contributed by atoms with Crippen LogP contribution in [-0.4, -0.2) is 63.1 Å². The van der Waals surface area contributed by atoms with Gasteiger partial charge in [-0.05, 0) is 43.7 Å². The molecule has 0 aliphatic carbocycles. The van der Waals surface area contributed by atoms with E-state index in [0.29, 0.717) is 6.54 Å². The Morgan fingerprint density at radius 2 is 1.92 bits per heavy atom. The van der Waals surface area contributed by atoms with Crippen molar-refractivity contribution in [3.05, 3.63) is 24.3 Å². The molecule has 1 heterocycles. The first-order valence-electron chi connectivity index (χ1n) is 9.25. The van der Waals surface area contributed by atoms with Gasteiger partial charge in [-0.15, -0.1) is 24.2 Å². The van der Waals surface area contributed by atoms with Crippen LogP contribution >= 0.6 is 24.2 Å². The molecular formula is C19H32ClN3O2S. The maximum absolute atomic E-state index is 11.0. The topological polar surface area (TPSA) is 44.8 Å². The summed E-state index contributed by atoms with van der Waals surface area (Å²) in [4.78, 5) is 17.4. The Labute approximate surface area is 168 Å². The number of thioether (sulfide) groups is 1. The molecule has 0 radical (unpaired) electrons. The third-order valence-electron chi connectivity index (χ3n) is 4.40. The molecule has 26 heavy (non-hydrogen) atoms. The molecule has 0 bridgehead atoms. The van der Waals surface area contributed by atoms with Gasteiger partial charge >= 0.3 is 6.09 Å². The first-order valence-corrected chi connectivity index (χ1v) is 10.2. The van der Waals surface area contributed by atoms with E-state index < -0.39 is 0 Å². The number of alkyl carbamates (subject to hydrolysis) is 1. The van der Waals surface area contributed by atoms with Crippen LogP contribution in [0.15, 0.2) is 29.2 Å². The van der Waals surface area contributed by atoms with Gasteiger partial charge in [0.25, 0.3) is 0 Å². The van der Waals surface area contributed by atoms with Gasteiger partial charge in [-0.1, -0.05) is 19.1 Å². The molecule has 148 valence electrons. The molecule has 2 rings (SSSR count). The first-order chi connectivity index (χ1) is 12.2. The van der Waals surface area contributed by atoms with E-state index in [0.717, 1.165) is 45.6 Å². The number of carbonyl (C=O) groups is 1. The maximum Gasteiger partial charge on any atom is 0.406 e. The van der Waals surface area contributed by atoms with E-state index in [4.69, 9.17) is 0 Å². The molecule has 1 aliphatic heterocycles. The Morgan fingerprint density at radius 1 is 1.19 bits per heavy atom. The lowest BCUT2D eigenvalue weighted by Crippen LogP contribution is -2.46. The quantitative estimate of drug-likeness (QED) is 0.502. The van der Waals surface area contributed by atoms with Crippen molar-refractivity contribution in [2.24, 2.45) is 0 Å². The summed E-state index contributed by atoms with van der Waals surface area (Å²) in [5.74, 6) is 1.18. The van der Waals surface area contributed by atoms with Crippen LogP contribution in [0.25, 0.3) is 0 Å². The van der Waals surface area contributed by atoms with Gasteiger partial charge in [0.15, 0.2) is 0 Å². The molecule has 0 unspecified atom stereocenters. The van der Waals surface area contributed by atoms with Crippen LogP contribution < -0.4 is 10.2 Å². The number of rotatable bonds is 9. The van der Waals surface area contributed by atoms with Crippen LogP contribution in [0, 0.1) is 0 Å². The summed E-state index contributed by atoms with van der Waals surface area (Å²) in [5, 5.41) is 2.73. The van der Waals surface area contributed by atoms with Crippen LogP contribution in [-0.2, 0) is 4.74 Å². The number of hydrogen-bond donors (Lipinski definition) is 1. The fraction of sp³-hybridized carbons (Fsp3) is 0.632. The second kappa shape index (κ2) is 13.1.